The summed E-state index contributed by atoms with van der Waals surface area (Å²) in [5.74, 6) is 0.697. The summed E-state index contributed by atoms with van der Waals surface area (Å²) in [7, 11) is 0. The number of benzene rings is 1. The molecule has 2 aliphatic rings. The van der Waals surface area contributed by atoms with Gasteiger partial charge in [-0.15, -0.1) is 0 Å². The van der Waals surface area contributed by atoms with Crippen molar-refractivity contribution >= 4 is 34.6 Å². The quantitative estimate of drug-likeness (QED) is 0.746. The summed E-state index contributed by atoms with van der Waals surface area (Å²) in [4.78, 5) is 14.6. The van der Waals surface area contributed by atoms with Gasteiger partial charge in [0.15, 0.2) is 0 Å². The number of allylic oxidation sites excluding steroid dienone is 1. The van der Waals surface area contributed by atoms with E-state index in [1.807, 2.05) is 23.0 Å². The monoisotopic (exact) mass is 426 g/mol. The van der Waals surface area contributed by atoms with Crippen LogP contribution in [0.3, 0.4) is 0 Å². The summed E-state index contributed by atoms with van der Waals surface area (Å²) < 4.78 is 5.24. The minimum Gasteiger partial charge on any atom is -0.372 e. The summed E-state index contributed by atoms with van der Waals surface area (Å²) in [6.45, 7) is 6.82. The Kier molecular flexibility index (Phi) is 5.58. The Bertz CT molecular complexity index is 582. The molecule has 1 N–H and O–H groups in total. The first-order valence-electron chi connectivity index (χ1n) is 8.24. The molecule has 124 valence electrons. The van der Waals surface area contributed by atoms with Gasteiger partial charge in [0, 0.05) is 24.5 Å². The lowest BCUT2D eigenvalue weighted by Crippen LogP contribution is -2.35. The molecule has 1 aromatic carbocycles. The van der Waals surface area contributed by atoms with Crippen LogP contribution in [0.2, 0.25) is 0 Å². The van der Waals surface area contributed by atoms with Gasteiger partial charge in [-0.2, -0.15) is 0 Å². The first-order chi connectivity index (χ1) is 11.2. The molecule has 0 radical (unpaired) electrons. The second-order valence-corrected chi connectivity index (χ2v) is 7.11. The van der Waals surface area contributed by atoms with Gasteiger partial charge in [-0.05, 0) is 49.3 Å². The van der Waals surface area contributed by atoms with Gasteiger partial charge in [-0.3, -0.25) is 4.79 Å². The number of nitrogens with zero attached hydrogens (tertiary/aromatic N) is 1. The molecule has 2 fully saturated rings. The fraction of sp³-hybridized carbons (Fsp3) is 0.500. The molecule has 1 aromatic rings. The number of rotatable bonds is 4. The van der Waals surface area contributed by atoms with Gasteiger partial charge in [-0.25, -0.2) is 0 Å². The van der Waals surface area contributed by atoms with Crippen LogP contribution in [0.15, 0.2) is 36.5 Å². The highest BCUT2D eigenvalue weighted by atomic mass is 127. The minimum absolute atomic E-state index is 0.0505. The average molecular weight is 426 g/mol. The lowest BCUT2D eigenvalue weighted by atomic mass is 9.89. The number of hydrogen-bond acceptors (Lipinski definition) is 3. The summed E-state index contributed by atoms with van der Waals surface area (Å²) in [5, 5.41) is 2.89. The molecule has 1 unspecified atom stereocenters. The van der Waals surface area contributed by atoms with E-state index in [1.54, 1.807) is 0 Å². The van der Waals surface area contributed by atoms with E-state index in [4.69, 9.17) is 3.07 Å². The maximum absolute atomic E-state index is 12.2. The summed E-state index contributed by atoms with van der Waals surface area (Å²) in [6, 6.07) is 8.48. The first-order valence-corrected chi connectivity index (χ1v) is 9.12. The number of nitrogens with one attached hydrogen (secondary N) is 1. The van der Waals surface area contributed by atoms with Crippen molar-refractivity contribution in [3.8, 4) is 0 Å². The third-order valence-electron chi connectivity index (χ3n) is 4.90. The van der Waals surface area contributed by atoms with Crippen LogP contribution in [0.5, 0.6) is 0 Å². The van der Waals surface area contributed by atoms with Gasteiger partial charge in [-0.1, -0.05) is 18.7 Å². The number of carbonyl (C=O) groups is 1. The van der Waals surface area contributed by atoms with Crippen molar-refractivity contribution in [1.82, 2.24) is 5.32 Å². The van der Waals surface area contributed by atoms with E-state index in [9.17, 15) is 4.79 Å². The topological polar surface area (TPSA) is 41.6 Å². The lowest BCUT2D eigenvalue weighted by Gasteiger charge is -2.34. The maximum atomic E-state index is 12.2. The van der Waals surface area contributed by atoms with Gasteiger partial charge in [0.05, 0.1) is 12.5 Å². The van der Waals surface area contributed by atoms with Crippen LogP contribution in [0.25, 0.3) is 0 Å². The van der Waals surface area contributed by atoms with Crippen molar-refractivity contribution in [3.05, 3.63) is 42.1 Å². The molecule has 1 atom stereocenters. The Labute approximate surface area is 152 Å². The smallest absolute Gasteiger partial charge is 0.231 e. The van der Waals surface area contributed by atoms with Crippen molar-refractivity contribution in [3.63, 3.8) is 0 Å². The molecular formula is C18H23IN2O2. The molecule has 0 aromatic heterocycles. The molecule has 2 heterocycles. The van der Waals surface area contributed by atoms with E-state index in [0.29, 0.717) is 5.92 Å². The van der Waals surface area contributed by atoms with Gasteiger partial charge in [0.1, 0.15) is 23.0 Å². The van der Waals surface area contributed by atoms with Crippen molar-refractivity contribution in [2.24, 2.45) is 5.92 Å². The van der Waals surface area contributed by atoms with Crippen LogP contribution in [0, 0.1) is 5.92 Å². The highest BCUT2D eigenvalue weighted by Crippen LogP contribution is 2.31. The largest absolute Gasteiger partial charge is 0.372 e. The van der Waals surface area contributed by atoms with Gasteiger partial charge in [0.2, 0.25) is 5.91 Å². The zero-order valence-corrected chi connectivity index (χ0v) is 15.4. The van der Waals surface area contributed by atoms with E-state index in [1.165, 1.54) is 5.69 Å². The van der Waals surface area contributed by atoms with Crippen LogP contribution in [0.1, 0.15) is 37.2 Å². The molecule has 3 rings (SSSR count). The Hall–Kier alpha value is -1.08. The van der Waals surface area contributed by atoms with E-state index >= 15 is 0 Å². The van der Waals surface area contributed by atoms with Crippen LogP contribution < -0.4 is 10.2 Å². The standard InChI is InChI=1S/C18H23IN2O2/c1-13-5-6-17(18(22)20-13)15-3-2-4-16(11-15)21-9-7-14(8-10-21)12-23-19/h2-4,11,14,17H,1,5-10,12H2,(H,20,22). The number of amides is 1. The Morgan fingerprint density at radius 1 is 1.30 bits per heavy atom. The summed E-state index contributed by atoms with van der Waals surface area (Å²) in [6.07, 6.45) is 4.04. The highest BCUT2D eigenvalue weighted by Gasteiger charge is 2.26. The van der Waals surface area contributed by atoms with Crippen molar-refractivity contribution in [2.45, 2.75) is 31.6 Å². The van der Waals surface area contributed by atoms with Gasteiger partial charge < -0.3 is 13.3 Å². The third-order valence-corrected chi connectivity index (χ3v) is 5.26. The van der Waals surface area contributed by atoms with Crippen molar-refractivity contribution < 1.29 is 7.86 Å². The number of halogens is 1. The second kappa shape index (κ2) is 7.66. The Balaban J connectivity index is 1.68. The van der Waals surface area contributed by atoms with E-state index < -0.39 is 0 Å². The van der Waals surface area contributed by atoms with Gasteiger partial charge >= 0.3 is 0 Å². The zero-order chi connectivity index (χ0) is 16.2. The van der Waals surface area contributed by atoms with Crippen LogP contribution >= 0.6 is 23.0 Å². The molecule has 1 amide bonds. The number of hydrogen-bond donors (Lipinski definition) is 1. The van der Waals surface area contributed by atoms with E-state index in [2.05, 4.69) is 41.1 Å². The minimum atomic E-state index is -0.0505. The number of carbonyl (C=O) groups excluding carboxylic acids is 1. The number of anilines is 1. The second-order valence-electron chi connectivity index (χ2n) is 6.49. The highest BCUT2D eigenvalue weighted by molar-refractivity contribution is 14.1. The third kappa shape index (κ3) is 4.07. The van der Waals surface area contributed by atoms with Crippen LogP contribution in [-0.4, -0.2) is 25.6 Å². The molecule has 0 spiro atoms. The number of piperidine rings is 2. The lowest BCUT2D eigenvalue weighted by molar-refractivity contribution is -0.122. The molecule has 4 nitrogen and oxygen atoms in total. The molecule has 2 saturated heterocycles. The predicted octanol–water partition coefficient (Wildman–Crippen LogP) is 3.78. The Morgan fingerprint density at radius 3 is 2.78 bits per heavy atom. The normalized spacial score (nSPS) is 23.0. The molecular weight excluding hydrogens is 403 g/mol. The van der Waals surface area contributed by atoms with Crippen LogP contribution in [0.4, 0.5) is 5.69 Å². The molecule has 0 bridgehead atoms. The Morgan fingerprint density at radius 2 is 2.09 bits per heavy atom. The maximum Gasteiger partial charge on any atom is 0.231 e. The SMILES string of the molecule is C=C1CCC(c2cccc(N3CCC(COI)CC3)c2)C(=O)N1. The molecule has 0 saturated carbocycles. The first kappa shape index (κ1) is 16.8. The van der Waals surface area contributed by atoms with E-state index in [0.717, 1.165) is 56.6 Å². The van der Waals surface area contributed by atoms with Gasteiger partial charge in [0.25, 0.3) is 0 Å². The molecule has 23 heavy (non-hydrogen) atoms. The average Bonchev–Trinajstić information content (AvgIpc) is 2.56. The van der Waals surface area contributed by atoms with Crippen LogP contribution in [-0.2, 0) is 7.86 Å². The van der Waals surface area contributed by atoms with Crippen molar-refractivity contribution in [1.29, 1.82) is 0 Å². The predicted molar refractivity (Wildman–Crippen MR) is 101 cm³/mol. The zero-order valence-electron chi connectivity index (χ0n) is 13.3. The van der Waals surface area contributed by atoms with Crippen molar-refractivity contribution in [2.75, 3.05) is 24.6 Å². The molecule has 5 heteroatoms. The fourth-order valence-electron chi connectivity index (χ4n) is 3.48. The summed E-state index contributed by atoms with van der Waals surface area (Å²) >= 11 is 1.98. The summed E-state index contributed by atoms with van der Waals surface area (Å²) in [5.41, 5.74) is 3.18. The fourth-order valence-corrected chi connectivity index (χ4v) is 3.99. The molecule has 2 aliphatic heterocycles. The molecule has 0 aliphatic carbocycles. The van der Waals surface area contributed by atoms with E-state index in [-0.39, 0.29) is 11.8 Å².